The third kappa shape index (κ3) is 5.06. The number of nitrogens with two attached hydrogens (primary N) is 1. The zero-order valence-electron chi connectivity index (χ0n) is 14.0. The van der Waals surface area contributed by atoms with Gasteiger partial charge in [0.05, 0.1) is 22.3 Å². The number of halogens is 2. The summed E-state index contributed by atoms with van der Waals surface area (Å²) in [6.07, 6.45) is 0. The van der Waals surface area contributed by atoms with Crippen LogP contribution in [0.5, 0.6) is 5.75 Å². The lowest BCUT2D eigenvalue weighted by molar-refractivity contribution is 0.0964. The second-order valence-corrected chi connectivity index (χ2v) is 6.40. The maximum absolute atomic E-state index is 12.3. The molecule has 0 aromatic heterocycles. The number of ether oxygens (including phenoxy) is 1. The molecule has 0 bridgehead atoms. The number of rotatable bonds is 5. The smallest absolute Gasteiger partial charge is 0.338 e. The lowest BCUT2D eigenvalue weighted by Gasteiger charge is -2.16. The third-order valence-electron chi connectivity index (χ3n) is 3.36. The fourth-order valence-corrected chi connectivity index (χ4v) is 2.86. The lowest BCUT2D eigenvalue weighted by Crippen LogP contribution is -2.38. The molecule has 0 saturated heterocycles. The number of nitrogens with one attached hydrogen (secondary N) is 1. The number of amides is 4. The number of primary amides is 1. The fraction of sp³-hybridized carbons (Fsp3) is 0.118. The van der Waals surface area contributed by atoms with Crippen molar-refractivity contribution in [3.05, 3.63) is 57.6 Å². The topological polar surface area (TPSA) is 102 Å². The first kappa shape index (κ1) is 20.9. The fourth-order valence-electron chi connectivity index (χ4n) is 2.08. The number of hydrogen-bond donors (Lipinski definition) is 3. The highest BCUT2D eigenvalue weighted by atomic mass is 35.5. The molecule has 2 aromatic rings. The van der Waals surface area contributed by atoms with Gasteiger partial charge < -0.3 is 10.5 Å². The number of urea groups is 1. The van der Waals surface area contributed by atoms with E-state index >= 15 is 0 Å². The molecule has 0 aliphatic rings. The number of carbonyl (C=O) groups excluding carboxylic acids is 3. The molecule has 0 atom stereocenters. The Balaban J connectivity index is 2.12. The maximum Gasteiger partial charge on any atom is 0.338 e. The zero-order valence-corrected chi connectivity index (χ0v) is 16.4. The molecule has 0 heterocycles. The molecule has 0 fully saturated rings. The van der Waals surface area contributed by atoms with E-state index in [4.69, 9.17) is 33.7 Å². The van der Waals surface area contributed by atoms with Crippen molar-refractivity contribution in [1.29, 1.82) is 0 Å². The molecule has 10 heteroatoms. The van der Waals surface area contributed by atoms with Crippen molar-refractivity contribution in [2.75, 3.05) is 10.9 Å². The molecule has 2 rings (SSSR count). The molecular weight excluding hydrogens is 413 g/mol. The van der Waals surface area contributed by atoms with Crippen molar-refractivity contribution >= 4 is 59.5 Å². The summed E-state index contributed by atoms with van der Waals surface area (Å²) in [5.41, 5.74) is 5.84. The van der Waals surface area contributed by atoms with Crippen molar-refractivity contribution < 1.29 is 19.1 Å². The molecule has 7 nitrogen and oxygen atoms in total. The number of nitrogens with zero attached hydrogens (tertiary/aromatic N) is 1. The molecule has 0 radical (unpaired) electrons. The summed E-state index contributed by atoms with van der Waals surface area (Å²) in [4.78, 5) is 35.6. The van der Waals surface area contributed by atoms with Crippen LogP contribution < -0.4 is 20.1 Å². The Labute approximate surface area is 170 Å². The number of thiol groups is 1. The summed E-state index contributed by atoms with van der Waals surface area (Å²) in [6.45, 7) is 2.12. The minimum Gasteiger partial charge on any atom is -0.491 e. The lowest BCUT2D eigenvalue weighted by atomic mass is 10.2. The second kappa shape index (κ2) is 8.98. The highest BCUT2D eigenvalue weighted by Crippen LogP contribution is 2.34. The van der Waals surface area contributed by atoms with Crippen molar-refractivity contribution in [3.8, 4) is 5.75 Å². The first-order chi connectivity index (χ1) is 12.7. The molecule has 0 saturated carbocycles. The Bertz CT molecular complexity index is 867. The molecule has 2 aromatic carbocycles. The van der Waals surface area contributed by atoms with Crippen LogP contribution in [0, 0.1) is 0 Å². The third-order valence-corrected chi connectivity index (χ3v) is 4.33. The van der Waals surface area contributed by atoms with Gasteiger partial charge in [-0.1, -0.05) is 36.0 Å². The molecule has 4 amide bonds. The van der Waals surface area contributed by atoms with Crippen LogP contribution in [0.4, 0.5) is 10.5 Å². The highest BCUT2D eigenvalue weighted by molar-refractivity contribution is 7.82. The molecule has 0 unspecified atom stereocenters. The van der Waals surface area contributed by atoms with E-state index in [2.05, 4.69) is 18.1 Å². The van der Waals surface area contributed by atoms with Gasteiger partial charge in [0.25, 0.3) is 5.91 Å². The Kier molecular flexibility index (Phi) is 6.95. The molecule has 3 N–H and O–H groups in total. The van der Waals surface area contributed by atoms with E-state index in [0.29, 0.717) is 12.3 Å². The monoisotopic (exact) mass is 427 g/mol. The van der Waals surface area contributed by atoms with Gasteiger partial charge in [-0.2, -0.15) is 0 Å². The minimum absolute atomic E-state index is 0.0765. The van der Waals surface area contributed by atoms with E-state index in [1.54, 1.807) is 6.92 Å². The number of carbonyl (C=O) groups is 3. The van der Waals surface area contributed by atoms with Crippen molar-refractivity contribution in [2.45, 2.75) is 6.92 Å². The Hall–Kier alpha value is -2.42. The van der Waals surface area contributed by atoms with Crippen LogP contribution in [-0.4, -0.2) is 24.5 Å². The van der Waals surface area contributed by atoms with Crippen LogP contribution in [-0.2, 0) is 0 Å². The van der Waals surface area contributed by atoms with Gasteiger partial charge in [0.1, 0.15) is 0 Å². The average Bonchev–Trinajstić information content (AvgIpc) is 2.63. The summed E-state index contributed by atoms with van der Waals surface area (Å²) >= 11 is 16.2. The van der Waals surface area contributed by atoms with Crippen LogP contribution in [0.15, 0.2) is 36.4 Å². The van der Waals surface area contributed by atoms with E-state index in [-0.39, 0.29) is 26.9 Å². The SMILES string of the molecule is CCOc1c(Cl)cc(C(=O)NC(=O)N(S)c2ccc(C(N)=O)cc2)cc1Cl. The predicted octanol–water partition coefficient (Wildman–Crippen LogP) is 3.69. The Morgan fingerprint density at radius 3 is 2.15 bits per heavy atom. The van der Waals surface area contributed by atoms with Crippen molar-refractivity contribution in [2.24, 2.45) is 5.73 Å². The Morgan fingerprint density at radius 2 is 1.67 bits per heavy atom. The van der Waals surface area contributed by atoms with E-state index in [0.717, 1.165) is 4.31 Å². The number of hydrogen-bond acceptors (Lipinski definition) is 5. The second-order valence-electron chi connectivity index (χ2n) is 5.18. The maximum atomic E-state index is 12.3. The van der Waals surface area contributed by atoms with E-state index in [1.807, 2.05) is 0 Å². The van der Waals surface area contributed by atoms with Gasteiger partial charge >= 0.3 is 6.03 Å². The molecule has 0 aliphatic heterocycles. The standard InChI is InChI=1S/C17H15Cl2N3O4S/c1-2-26-14-12(18)7-10(8-13(14)19)16(24)21-17(25)22(27)11-5-3-9(4-6-11)15(20)23/h3-8,27H,2H2,1H3,(H2,20,23)(H,21,24,25). The van der Waals surface area contributed by atoms with Gasteiger partial charge in [0.15, 0.2) is 5.75 Å². The van der Waals surface area contributed by atoms with Gasteiger partial charge in [-0.3, -0.25) is 14.9 Å². The van der Waals surface area contributed by atoms with Gasteiger partial charge in [0, 0.05) is 11.1 Å². The van der Waals surface area contributed by atoms with Gasteiger partial charge in [0.2, 0.25) is 5.91 Å². The molecular formula is C17H15Cl2N3O4S. The zero-order chi connectivity index (χ0) is 20.1. The molecule has 27 heavy (non-hydrogen) atoms. The van der Waals surface area contributed by atoms with Crippen LogP contribution >= 0.6 is 36.0 Å². The first-order valence-corrected chi connectivity index (χ1v) is 8.76. The average molecular weight is 428 g/mol. The molecule has 0 spiro atoms. The molecule has 0 aliphatic carbocycles. The van der Waals surface area contributed by atoms with Crippen molar-refractivity contribution in [1.82, 2.24) is 5.32 Å². The van der Waals surface area contributed by atoms with Gasteiger partial charge in [-0.05, 0) is 43.3 Å². The number of anilines is 1. The summed E-state index contributed by atoms with van der Waals surface area (Å²) in [5, 5.41) is 2.45. The van der Waals surface area contributed by atoms with Crippen LogP contribution in [0.1, 0.15) is 27.6 Å². The van der Waals surface area contributed by atoms with E-state index in [9.17, 15) is 14.4 Å². The van der Waals surface area contributed by atoms with Crippen LogP contribution in [0.2, 0.25) is 10.0 Å². The predicted molar refractivity (Wildman–Crippen MR) is 107 cm³/mol. The van der Waals surface area contributed by atoms with E-state index < -0.39 is 17.8 Å². The van der Waals surface area contributed by atoms with Crippen molar-refractivity contribution in [3.63, 3.8) is 0 Å². The molecule has 142 valence electrons. The highest BCUT2D eigenvalue weighted by Gasteiger charge is 2.19. The largest absolute Gasteiger partial charge is 0.491 e. The summed E-state index contributed by atoms with van der Waals surface area (Å²) in [5.74, 6) is -1.06. The Morgan fingerprint density at radius 1 is 1.11 bits per heavy atom. The van der Waals surface area contributed by atoms with Gasteiger partial charge in [-0.25, -0.2) is 9.10 Å². The summed E-state index contributed by atoms with van der Waals surface area (Å²) in [6, 6.07) is 7.65. The number of imide groups is 1. The van der Waals surface area contributed by atoms with Crippen LogP contribution in [0.3, 0.4) is 0 Å². The van der Waals surface area contributed by atoms with E-state index in [1.165, 1.54) is 36.4 Å². The van der Waals surface area contributed by atoms with Crippen LogP contribution in [0.25, 0.3) is 0 Å². The normalized spacial score (nSPS) is 10.2. The minimum atomic E-state index is -0.809. The quantitative estimate of drug-likeness (QED) is 0.633. The summed E-state index contributed by atoms with van der Waals surface area (Å²) in [7, 11) is 0. The number of benzene rings is 2. The first-order valence-electron chi connectivity index (χ1n) is 7.60. The van der Waals surface area contributed by atoms with Gasteiger partial charge in [-0.15, -0.1) is 0 Å². The summed E-state index contributed by atoms with van der Waals surface area (Å²) < 4.78 is 6.19.